The van der Waals surface area contributed by atoms with Crippen molar-refractivity contribution < 1.29 is 0 Å². The summed E-state index contributed by atoms with van der Waals surface area (Å²) in [7, 11) is 0. The fourth-order valence-corrected chi connectivity index (χ4v) is 8.32. The summed E-state index contributed by atoms with van der Waals surface area (Å²) in [5, 5.41) is 1.31. The van der Waals surface area contributed by atoms with Gasteiger partial charge >= 0.3 is 0 Å². The van der Waals surface area contributed by atoms with Gasteiger partial charge in [-0.3, -0.25) is 0 Å². The predicted molar refractivity (Wildman–Crippen MR) is 192 cm³/mol. The zero-order chi connectivity index (χ0) is 28.5. The Morgan fingerprint density at radius 1 is 0.738 bits per heavy atom. The molecule has 0 radical (unpaired) electrons. The van der Waals surface area contributed by atoms with Crippen molar-refractivity contribution in [3.05, 3.63) is 133 Å². The minimum Gasteiger partial charge on any atom is -0.333 e. The zero-order valence-corrected chi connectivity index (χ0v) is 28.7. The van der Waals surface area contributed by atoms with E-state index in [0.29, 0.717) is 10.9 Å². The second-order valence-corrected chi connectivity index (χ2v) is 14.9. The number of benzene rings is 4. The molecule has 2 aliphatic carbocycles. The van der Waals surface area contributed by atoms with Crippen molar-refractivity contribution in [1.29, 1.82) is 0 Å². The molecule has 4 aromatic carbocycles. The number of allylic oxidation sites excluding steroid dienone is 3. The number of fused-ring (bicyclic) bond motifs is 6. The number of nitrogens with zero attached hydrogens (tertiary/aromatic N) is 2. The minimum absolute atomic E-state index is 0.303. The third kappa shape index (κ3) is 4.45. The van der Waals surface area contributed by atoms with Gasteiger partial charge in [0.15, 0.2) is 0 Å². The fourth-order valence-electron chi connectivity index (χ4n) is 6.68. The van der Waals surface area contributed by atoms with Gasteiger partial charge in [0.05, 0.1) is 11.6 Å². The summed E-state index contributed by atoms with van der Waals surface area (Å²) >= 11 is 14.9. The molecule has 0 saturated heterocycles. The van der Waals surface area contributed by atoms with Crippen LogP contribution in [0.3, 0.4) is 0 Å². The number of anilines is 2. The summed E-state index contributed by atoms with van der Waals surface area (Å²) < 4.78 is 5.77. The van der Waals surface area contributed by atoms with Crippen molar-refractivity contribution in [1.82, 2.24) is 4.57 Å². The van der Waals surface area contributed by atoms with Crippen molar-refractivity contribution in [2.24, 2.45) is 0 Å². The van der Waals surface area contributed by atoms with Crippen molar-refractivity contribution >= 4 is 97.6 Å². The van der Waals surface area contributed by atoms with Crippen LogP contribution >= 0.6 is 63.7 Å². The van der Waals surface area contributed by atoms with E-state index < -0.39 is 0 Å². The van der Waals surface area contributed by atoms with Gasteiger partial charge in [-0.05, 0) is 108 Å². The molecule has 0 bridgehead atoms. The highest BCUT2D eigenvalue weighted by Crippen LogP contribution is 2.49. The topological polar surface area (TPSA) is 8.17 Å². The quantitative estimate of drug-likeness (QED) is 0.165. The zero-order valence-electron chi connectivity index (χ0n) is 22.4. The molecule has 3 aliphatic rings. The van der Waals surface area contributed by atoms with Gasteiger partial charge in [0.2, 0.25) is 0 Å². The van der Waals surface area contributed by atoms with Gasteiger partial charge in [0, 0.05) is 52.0 Å². The molecule has 0 spiro atoms. The third-order valence-electron chi connectivity index (χ3n) is 8.57. The number of halogens is 4. The number of aromatic nitrogens is 1. The molecule has 0 saturated carbocycles. The van der Waals surface area contributed by atoms with Gasteiger partial charge in [0.1, 0.15) is 0 Å². The minimum atomic E-state index is 0.303. The van der Waals surface area contributed by atoms with Crippen molar-refractivity contribution in [2.75, 3.05) is 4.90 Å². The Morgan fingerprint density at radius 2 is 1.43 bits per heavy atom. The van der Waals surface area contributed by atoms with E-state index in [2.05, 4.69) is 182 Å². The van der Waals surface area contributed by atoms with E-state index in [4.69, 9.17) is 0 Å². The molecule has 2 unspecified atom stereocenters. The molecular formula is C36H24Br4N2. The number of hydrogen-bond acceptors (Lipinski definition) is 1. The molecule has 1 aromatic heterocycles. The van der Waals surface area contributed by atoms with Crippen molar-refractivity contribution in [2.45, 2.75) is 23.7 Å². The van der Waals surface area contributed by atoms with Crippen LogP contribution in [0.1, 0.15) is 23.2 Å². The molecule has 206 valence electrons. The summed E-state index contributed by atoms with van der Waals surface area (Å²) in [4.78, 5) is 2.85. The third-order valence-corrected chi connectivity index (χ3v) is 10.7. The summed E-state index contributed by atoms with van der Waals surface area (Å²) in [6.45, 7) is 0. The van der Waals surface area contributed by atoms with E-state index in [0.717, 1.165) is 26.3 Å². The molecule has 0 fully saturated rings. The van der Waals surface area contributed by atoms with Crippen molar-refractivity contribution in [3.63, 3.8) is 0 Å². The van der Waals surface area contributed by atoms with E-state index in [1.54, 1.807) is 0 Å². The van der Waals surface area contributed by atoms with E-state index in [1.165, 1.54) is 61.5 Å². The first-order valence-corrected chi connectivity index (χ1v) is 17.3. The lowest BCUT2D eigenvalue weighted by Crippen LogP contribution is -2.27. The highest BCUT2D eigenvalue weighted by atomic mass is 79.9. The normalized spacial score (nSPS) is 18.9. The van der Waals surface area contributed by atoms with Crippen LogP contribution in [0, 0.1) is 0 Å². The van der Waals surface area contributed by atoms with Gasteiger partial charge in [-0.2, -0.15) is 0 Å². The number of alkyl halides is 1. The molecule has 0 amide bonds. The summed E-state index contributed by atoms with van der Waals surface area (Å²) in [6.07, 6.45) is 11.0. The monoisotopic (exact) mass is 800 g/mol. The maximum atomic E-state index is 3.80. The second kappa shape index (κ2) is 10.5. The molecule has 5 aromatic rings. The largest absolute Gasteiger partial charge is 0.333 e. The van der Waals surface area contributed by atoms with Crippen LogP contribution in [0.5, 0.6) is 0 Å². The van der Waals surface area contributed by atoms with E-state index in [-0.39, 0.29) is 0 Å². The Morgan fingerprint density at radius 3 is 2.19 bits per heavy atom. The Kier molecular flexibility index (Phi) is 6.75. The lowest BCUT2D eigenvalue weighted by atomic mass is 9.96. The average Bonchev–Trinajstić information content (AvgIpc) is 3.48. The first-order chi connectivity index (χ1) is 20.4. The standard InChI is InChI=1S/C36H24Br4N2/c37-23-5-13-33-29(17-23)30-18-24(38)6-14-34(30)41(33)27-9-1-21(2-10-27)22-3-11-28(12-4-22)42-35-15-7-25(39)19-31(35)32-20-26(40)8-16-36(32)42/h1-15,17,19-20,24,36H,16,18H2. The average molecular weight is 804 g/mol. The molecule has 42 heavy (non-hydrogen) atoms. The molecule has 2 heterocycles. The summed E-state index contributed by atoms with van der Waals surface area (Å²) in [5.41, 5.74) is 12.7. The molecule has 1 aliphatic heterocycles. The lowest BCUT2D eigenvalue weighted by Gasteiger charge is -2.29. The Labute approximate surface area is 278 Å². The van der Waals surface area contributed by atoms with Gasteiger partial charge < -0.3 is 9.47 Å². The van der Waals surface area contributed by atoms with Crippen LogP contribution in [0.15, 0.2) is 117 Å². The Hall–Kier alpha value is -2.64. The molecule has 8 rings (SSSR count). The van der Waals surface area contributed by atoms with Gasteiger partial charge in [0.25, 0.3) is 0 Å². The van der Waals surface area contributed by atoms with Crippen molar-refractivity contribution in [3.8, 4) is 16.8 Å². The smallest absolute Gasteiger partial charge is 0.0633 e. The maximum absolute atomic E-state index is 3.80. The summed E-state index contributed by atoms with van der Waals surface area (Å²) in [6, 6.07) is 31.5. The van der Waals surface area contributed by atoms with E-state index in [1.807, 2.05) is 0 Å². The molecule has 0 N–H and O–H groups in total. The maximum Gasteiger partial charge on any atom is 0.0633 e. The van der Waals surface area contributed by atoms with E-state index in [9.17, 15) is 0 Å². The molecular weight excluding hydrogens is 780 g/mol. The summed E-state index contributed by atoms with van der Waals surface area (Å²) in [5.74, 6) is 0. The molecule has 2 atom stereocenters. The SMILES string of the molecule is BrC1=CCC2C(=C1)c1cc(Br)ccc1N2c1ccc(-c2ccc(-n3c4c(c5cc(Br)ccc53)CC(Br)C=C4)cc2)cc1. The molecule has 6 heteroatoms. The van der Waals surface area contributed by atoms with Crippen LogP contribution in [0.25, 0.3) is 39.4 Å². The van der Waals surface area contributed by atoms with Gasteiger partial charge in [-0.15, -0.1) is 0 Å². The highest BCUT2D eigenvalue weighted by molar-refractivity contribution is 9.12. The van der Waals surface area contributed by atoms with Gasteiger partial charge in [-0.25, -0.2) is 0 Å². The first kappa shape index (κ1) is 26.9. The van der Waals surface area contributed by atoms with Crippen LogP contribution in [-0.2, 0) is 6.42 Å². The lowest BCUT2D eigenvalue weighted by molar-refractivity contribution is 0.828. The first-order valence-electron chi connectivity index (χ1n) is 14.0. The van der Waals surface area contributed by atoms with E-state index >= 15 is 0 Å². The van der Waals surface area contributed by atoms with Crippen LogP contribution in [0.2, 0.25) is 0 Å². The predicted octanol–water partition coefficient (Wildman–Crippen LogP) is 11.7. The van der Waals surface area contributed by atoms with Crippen LogP contribution in [-0.4, -0.2) is 15.4 Å². The Bertz CT molecular complexity index is 1980. The number of rotatable bonds is 3. The number of hydrogen-bond donors (Lipinski definition) is 0. The second-order valence-electron chi connectivity index (χ2n) is 11.0. The van der Waals surface area contributed by atoms with Gasteiger partial charge in [-0.1, -0.05) is 100 Å². The Balaban J connectivity index is 1.13. The highest BCUT2D eigenvalue weighted by Gasteiger charge is 2.35. The van der Waals surface area contributed by atoms with Crippen LogP contribution in [0.4, 0.5) is 11.4 Å². The fraction of sp³-hybridized carbons (Fsp3) is 0.111. The van der Waals surface area contributed by atoms with Crippen LogP contribution < -0.4 is 4.90 Å². The molecule has 2 nitrogen and oxygen atoms in total.